The number of hydrogen-bond donors (Lipinski definition) is 3. The Balaban J connectivity index is 1.56. The van der Waals surface area contributed by atoms with E-state index in [0.29, 0.717) is 36.5 Å². The smallest absolute Gasteiger partial charge is 0.255 e. The minimum absolute atomic E-state index is 0.171. The molecule has 0 unspecified atom stereocenters. The number of ether oxygens (including phenoxy) is 1. The van der Waals surface area contributed by atoms with E-state index in [1.807, 2.05) is 48.5 Å². The Hall–Kier alpha value is -3.64. The lowest BCUT2D eigenvalue weighted by Crippen LogP contribution is -2.17. The van der Waals surface area contributed by atoms with E-state index >= 15 is 0 Å². The van der Waals surface area contributed by atoms with Crippen LogP contribution in [0.4, 0.5) is 11.4 Å². The van der Waals surface area contributed by atoms with Crippen LogP contribution in [0.5, 0.6) is 0 Å². The highest BCUT2D eigenvalue weighted by molar-refractivity contribution is 6.11. The normalized spacial score (nSPS) is 12.2. The van der Waals surface area contributed by atoms with Crippen LogP contribution in [0.1, 0.15) is 26.3 Å². The lowest BCUT2D eigenvalue weighted by Gasteiger charge is -2.13. The van der Waals surface area contributed by atoms with E-state index in [1.54, 1.807) is 25.3 Å². The summed E-state index contributed by atoms with van der Waals surface area (Å²) in [5.41, 5.74) is 5.42. The molecule has 0 saturated carbocycles. The fourth-order valence-corrected chi connectivity index (χ4v) is 3.57. The predicted octanol–water partition coefficient (Wildman–Crippen LogP) is 3.91. The summed E-state index contributed by atoms with van der Waals surface area (Å²) in [6.07, 6.45) is 0. The van der Waals surface area contributed by atoms with Crippen molar-refractivity contribution >= 4 is 23.2 Å². The predicted molar refractivity (Wildman–Crippen MR) is 118 cm³/mol. The molecule has 0 fully saturated rings. The SMILES string of the molecule is COCCNc1ccc(C(=O)Nc2ccc(-c3ccccc3)c3c2C(=O)NC3)cc1. The zero-order valence-corrected chi connectivity index (χ0v) is 16.7. The average Bonchev–Trinajstić information content (AvgIpc) is 3.17. The molecule has 1 heterocycles. The fourth-order valence-electron chi connectivity index (χ4n) is 3.57. The van der Waals surface area contributed by atoms with Crippen molar-refractivity contribution in [2.24, 2.45) is 0 Å². The Morgan fingerprint density at radius 3 is 2.53 bits per heavy atom. The van der Waals surface area contributed by atoms with Gasteiger partial charge in [0.2, 0.25) is 0 Å². The zero-order chi connectivity index (χ0) is 20.9. The van der Waals surface area contributed by atoms with E-state index in [1.165, 1.54) is 0 Å². The van der Waals surface area contributed by atoms with Gasteiger partial charge in [-0.25, -0.2) is 0 Å². The highest BCUT2D eigenvalue weighted by Gasteiger charge is 2.26. The molecule has 0 aliphatic carbocycles. The molecular formula is C24H23N3O3. The summed E-state index contributed by atoms with van der Waals surface area (Å²) in [4.78, 5) is 25.2. The second-order valence-corrected chi connectivity index (χ2v) is 7.01. The van der Waals surface area contributed by atoms with E-state index in [9.17, 15) is 9.59 Å². The third-order valence-electron chi connectivity index (χ3n) is 5.08. The Bertz CT molecular complexity index is 1060. The summed E-state index contributed by atoms with van der Waals surface area (Å²) in [5.74, 6) is -0.427. The summed E-state index contributed by atoms with van der Waals surface area (Å²) in [6.45, 7) is 1.75. The van der Waals surface area contributed by atoms with Crippen LogP contribution >= 0.6 is 0 Å². The number of amides is 2. The van der Waals surface area contributed by atoms with Crippen molar-refractivity contribution in [3.05, 3.63) is 83.4 Å². The summed E-state index contributed by atoms with van der Waals surface area (Å²) in [6, 6.07) is 20.9. The van der Waals surface area contributed by atoms with Crippen LogP contribution in [0, 0.1) is 0 Å². The molecule has 0 spiro atoms. The Morgan fingerprint density at radius 2 is 1.80 bits per heavy atom. The number of rotatable bonds is 7. The van der Waals surface area contributed by atoms with Gasteiger partial charge in [0.1, 0.15) is 0 Å². The van der Waals surface area contributed by atoms with Gasteiger partial charge in [-0.1, -0.05) is 36.4 Å². The number of benzene rings is 3. The molecule has 4 rings (SSSR count). The molecule has 0 atom stereocenters. The largest absolute Gasteiger partial charge is 0.383 e. The maximum Gasteiger partial charge on any atom is 0.255 e. The van der Waals surface area contributed by atoms with E-state index in [4.69, 9.17) is 4.74 Å². The second-order valence-electron chi connectivity index (χ2n) is 7.01. The second kappa shape index (κ2) is 8.80. The van der Waals surface area contributed by atoms with Crippen LogP contribution in [-0.4, -0.2) is 32.1 Å². The van der Waals surface area contributed by atoms with Crippen LogP contribution < -0.4 is 16.0 Å². The first-order chi connectivity index (χ1) is 14.7. The molecule has 1 aliphatic rings. The van der Waals surface area contributed by atoms with Gasteiger partial charge < -0.3 is 20.7 Å². The molecule has 1 aliphatic heterocycles. The van der Waals surface area contributed by atoms with Crippen molar-refractivity contribution in [2.45, 2.75) is 6.54 Å². The van der Waals surface area contributed by atoms with Gasteiger partial charge in [-0.05, 0) is 47.0 Å². The lowest BCUT2D eigenvalue weighted by molar-refractivity contribution is 0.0966. The van der Waals surface area contributed by atoms with Crippen molar-refractivity contribution in [3.63, 3.8) is 0 Å². The van der Waals surface area contributed by atoms with E-state index in [0.717, 1.165) is 22.4 Å². The van der Waals surface area contributed by atoms with Crippen molar-refractivity contribution in [1.82, 2.24) is 5.32 Å². The van der Waals surface area contributed by atoms with Crippen LogP contribution in [0.3, 0.4) is 0 Å². The summed E-state index contributed by atoms with van der Waals surface area (Å²) >= 11 is 0. The standard InChI is InChI=1S/C24H23N3O3/c1-30-14-13-25-18-9-7-17(8-10-18)23(28)27-21-12-11-19(16-5-3-2-4-6-16)20-15-26-24(29)22(20)21/h2-12,25H,13-15H2,1H3,(H,26,29)(H,27,28). The molecule has 0 radical (unpaired) electrons. The zero-order valence-electron chi connectivity index (χ0n) is 16.7. The van der Waals surface area contributed by atoms with Gasteiger partial charge in [0.15, 0.2) is 0 Å². The molecule has 0 aromatic heterocycles. The molecule has 3 aromatic rings. The molecule has 3 N–H and O–H groups in total. The maximum absolute atomic E-state index is 12.8. The average molecular weight is 401 g/mol. The molecule has 6 heteroatoms. The summed E-state index contributed by atoms with van der Waals surface area (Å²) in [5, 5.41) is 8.98. The van der Waals surface area contributed by atoms with Crippen molar-refractivity contribution in [2.75, 3.05) is 30.9 Å². The third-order valence-corrected chi connectivity index (χ3v) is 5.08. The van der Waals surface area contributed by atoms with E-state index < -0.39 is 0 Å². The van der Waals surface area contributed by atoms with Gasteiger partial charge in [0.05, 0.1) is 17.9 Å². The topological polar surface area (TPSA) is 79.5 Å². The Morgan fingerprint density at radius 1 is 1.03 bits per heavy atom. The van der Waals surface area contributed by atoms with Crippen molar-refractivity contribution in [3.8, 4) is 11.1 Å². The van der Waals surface area contributed by atoms with Gasteiger partial charge in [-0.15, -0.1) is 0 Å². The fraction of sp³-hybridized carbons (Fsp3) is 0.167. The van der Waals surface area contributed by atoms with E-state index in [2.05, 4.69) is 16.0 Å². The quantitative estimate of drug-likeness (QED) is 0.525. The van der Waals surface area contributed by atoms with Crippen LogP contribution in [0.2, 0.25) is 0 Å². The van der Waals surface area contributed by atoms with E-state index in [-0.39, 0.29) is 11.8 Å². The number of anilines is 2. The number of methoxy groups -OCH3 is 1. The molecule has 0 saturated heterocycles. The number of nitrogens with one attached hydrogen (secondary N) is 3. The minimum atomic E-state index is -0.257. The van der Waals surface area contributed by atoms with Gasteiger partial charge in [0, 0.05) is 31.5 Å². The number of carbonyl (C=O) groups excluding carboxylic acids is 2. The molecule has 2 amide bonds. The highest BCUT2D eigenvalue weighted by Crippen LogP contribution is 2.34. The molecule has 152 valence electrons. The monoisotopic (exact) mass is 401 g/mol. The highest BCUT2D eigenvalue weighted by atomic mass is 16.5. The van der Waals surface area contributed by atoms with Crippen molar-refractivity contribution < 1.29 is 14.3 Å². The molecule has 30 heavy (non-hydrogen) atoms. The van der Waals surface area contributed by atoms with Gasteiger partial charge in [-0.2, -0.15) is 0 Å². The van der Waals surface area contributed by atoms with Crippen molar-refractivity contribution in [1.29, 1.82) is 0 Å². The summed E-state index contributed by atoms with van der Waals surface area (Å²) in [7, 11) is 1.65. The van der Waals surface area contributed by atoms with Crippen LogP contribution in [0.25, 0.3) is 11.1 Å². The lowest BCUT2D eigenvalue weighted by atomic mass is 9.95. The summed E-state index contributed by atoms with van der Waals surface area (Å²) < 4.78 is 5.01. The van der Waals surface area contributed by atoms with Gasteiger partial charge in [0.25, 0.3) is 11.8 Å². The number of hydrogen-bond acceptors (Lipinski definition) is 4. The Kier molecular flexibility index (Phi) is 5.77. The first kappa shape index (κ1) is 19.7. The van der Waals surface area contributed by atoms with Gasteiger partial charge >= 0.3 is 0 Å². The molecule has 3 aromatic carbocycles. The minimum Gasteiger partial charge on any atom is -0.383 e. The van der Waals surface area contributed by atoms with Crippen LogP contribution in [-0.2, 0) is 11.3 Å². The maximum atomic E-state index is 12.8. The third kappa shape index (κ3) is 4.04. The van der Waals surface area contributed by atoms with Gasteiger partial charge in [-0.3, -0.25) is 9.59 Å². The molecule has 0 bridgehead atoms. The first-order valence-corrected chi connectivity index (χ1v) is 9.81. The first-order valence-electron chi connectivity index (χ1n) is 9.81. The Labute approximate surface area is 175 Å². The molecule has 6 nitrogen and oxygen atoms in total. The number of carbonyl (C=O) groups is 2. The molecular weight excluding hydrogens is 378 g/mol. The van der Waals surface area contributed by atoms with Crippen LogP contribution in [0.15, 0.2) is 66.7 Å². The number of fused-ring (bicyclic) bond motifs is 1.